The number of benzene rings is 1. The first-order valence-corrected chi connectivity index (χ1v) is 11.2. The van der Waals surface area contributed by atoms with Gasteiger partial charge in [0.15, 0.2) is 9.84 Å². The molecule has 0 fully saturated rings. The van der Waals surface area contributed by atoms with E-state index < -0.39 is 9.84 Å². The van der Waals surface area contributed by atoms with Gasteiger partial charge in [-0.05, 0) is 64.7 Å². The molecule has 1 rings (SSSR count). The van der Waals surface area contributed by atoms with Crippen molar-refractivity contribution in [1.82, 2.24) is 0 Å². The lowest BCUT2D eigenvalue weighted by Crippen LogP contribution is -2.21. The second-order valence-corrected chi connectivity index (χ2v) is 9.45. The van der Waals surface area contributed by atoms with Gasteiger partial charge in [-0.2, -0.15) is 0 Å². The fourth-order valence-electron chi connectivity index (χ4n) is 2.86. The van der Waals surface area contributed by atoms with Crippen LogP contribution >= 0.6 is 0 Å². The summed E-state index contributed by atoms with van der Waals surface area (Å²) in [6, 6.07) is 8.92. The molecule has 1 aromatic rings. The molecule has 0 aliphatic rings. The Balaban J connectivity index is 2.20. The van der Waals surface area contributed by atoms with Crippen molar-refractivity contribution < 1.29 is 8.42 Å². The van der Waals surface area contributed by atoms with Gasteiger partial charge in [-0.1, -0.05) is 31.4 Å². The Labute approximate surface area is 149 Å². The molecule has 0 saturated heterocycles. The Hall–Kier alpha value is -1.03. The summed E-state index contributed by atoms with van der Waals surface area (Å²) in [7, 11) is -2.85. The minimum Gasteiger partial charge on any atom is -0.372 e. The molecule has 0 amide bonds. The van der Waals surface area contributed by atoms with Gasteiger partial charge in [0.25, 0.3) is 0 Å². The average Bonchev–Trinajstić information content (AvgIpc) is 2.56. The zero-order chi connectivity index (χ0) is 18.0. The van der Waals surface area contributed by atoms with Crippen LogP contribution in [0.1, 0.15) is 65.4 Å². The number of hydrogen-bond acceptors (Lipinski definition) is 3. The fraction of sp³-hybridized carbons (Fsp3) is 0.700. The average molecular weight is 354 g/mol. The molecular formula is C20H35NO2S. The van der Waals surface area contributed by atoms with Gasteiger partial charge in [-0.15, -0.1) is 0 Å². The van der Waals surface area contributed by atoms with E-state index in [1.54, 1.807) is 13.8 Å². The van der Waals surface area contributed by atoms with Gasteiger partial charge in [-0.3, -0.25) is 0 Å². The minimum atomic E-state index is -2.85. The normalized spacial score (nSPS) is 11.9. The molecule has 0 N–H and O–H groups in total. The highest BCUT2D eigenvalue weighted by Gasteiger charge is 2.14. The maximum Gasteiger partial charge on any atom is 0.152 e. The number of hydrogen-bond donors (Lipinski definition) is 0. The predicted octanol–water partition coefficient (Wildman–Crippen LogP) is 4.85. The maximum absolute atomic E-state index is 11.7. The van der Waals surface area contributed by atoms with E-state index in [2.05, 4.69) is 43.0 Å². The standard InChI is InChI=1S/C20H35NO2S/c1-5-21(6-2)20-15-13-19(14-16-20)12-10-8-7-9-11-17-24(22,23)18(3)4/h13-16,18H,5-12,17H2,1-4H3. The van der Waals surface area contributed by atoms with Crippen LogP contribution in [-0.4, -0.2) is 32.5 Å². The molecule has 0 heterocycles. The van der Waals surface area contributed by atoms with Crippen LogP contribution in [0.2, 0.25) is 0 Å². The zero-order valence-corrected chi connectivity index (χ0v) is 16.7. The molecule has 24 heavy (non-hydrogen) atoms. The largest absolute Gasteiger partial charge is 0.372 e. The van der Waals surface area contributed by atoms with Crippen LogP contribution in [0.15, 0.2) is 24.3 Å². The lowest BCUT2D eigenvalue weighted by atomic mass is 10.1. The van der Waals surface area contributed by atoms with E-state index in [1.807, 2.05) is 0 Å². The number of sulfone groups is 1. The Morgan fingerprint density at radius 3 is 1.96 bits per heavy atom. The zero-order valence-electron chi connectivity index (χ0n) is 15.9. The third kappa shape index (κ3) is 7.25. The van der Waals surface area contributed by atoms with Crippen LogP contribution in [0.4, 0.5) is 5.69 Å². The summed E-state index contributed by atoms with van der Waals surface area (Å²) in [6.07, 6.45) is 6.43. The second-order valence-electron chi connectivity index (χ2n) is 6.77. The number of nitrogens with zero attached hydrogens (tertiary/aromatic N) is 1. The van der Waals surface area contributed by atoms with Crippen LogP contribution in [0, 0.1) is 0 Å². The molecule has 0 atom stereocenters. The number of rotatable bonds is 12. The van der Waals surface area contributed by atoms with E-state index in [0.29, 0.717) is 5.75 Å². The number of aryl methyl sites for hydroxylation is 1. The molecule has 1 aromatic carbocycles. The van der Waals surface area contributed by atoms with Crippen molar-refractivity contribution in [3.8, 4) is 0 Å². The Morgan fingerprint density at radius 2 is 1.42 bits per heavy atom. The number of unbranched alkanes of at least 4 members (excludes halogenated alkanes) is 4. The van der Waals surface area contributed by atoms with E-state index in [-0.39, 0.29) is 5.25 Å². The molecule has 4 heteroatoms. The van der Waals surface area contributed by atoms with Gasteiger partial charge in [0.1, 0.15) is 0 Å². The highest BCUT2D eigenvalue weighted by molar-refractivity contribution is 7.91. The van der Waals surface area contributed by atoms with Crippen molar-refractivity contribution in [2.45, 2.75) is 71.5 Å². The first-order valence-electron chi connectivity index (χ1n) is 9.46. The van der Waals surface area contributed by atoms with E-state index in [0.717, 1.165) is 38.8 Å². The van der Waals surface area contributed by atoms with Gasteiger partial charge in [0, 0.05) is 18.8 Å². The summed E-state index contributed by atoms with van der Waals surface area (Å²) in [6.45, 7) is 9.99. The summed E-state index contributed by atoms with van der Waals surface area (Å²) in [5.41, 5.74) is 2.70. The Morgan fingerprint density at radius 1 is 0.875 bits per heavy atom. The lowest BCUT2D eigenvalue weighted by Gasteiger charge is -2.21. The smallest absolute Gasteiger partial charge is 0.152 e. The summed E-state index contributed by atoms with van der Waals surface area (Å²) in [5.74, 6) is 0.345. The molecule has 0 aliphatic heterocycles. The van der Waals surface area contributed by atoms with Gasteiger partial charge in [-0.25, -0.2) is 8.42 Å². The Kier molecular flexibility index (Phi) is 9.42. The summed E-state index contributed by atoms with van der Waals surface area (Å²) >= 11 is 0. The molecule has 0 saturated carbocycles. The first kappa shape index (κ1) is 21.0. The molecule has 0 aromatic heterocycles. The third-order valence-corrected chi connectivity index (χ3v) is 6.97. The fourth-order valence-corrected chi connectivity index (χ4v) is 3.94. The monoisotopic (exact) mass is 353 g/mol. The molecule has 138 valence electrons. The quantitative estimate of drug-likeness (QED) is 0.504. The maximum atomic E-state index is 11.7. The van der Waals surface area contributed by atoms with E-state index in [1.165, 1.54) is 24.1 Å². The van der Waals surface area contributed by atoms with Gasteiger partial charge in [0.2, 0.25) is 0 Å². The minimum absolute atomic E-state index is 0.239. The SMILES string of the molecule is CCN(CC)c1ccc(CCCCCCCS(=O)(=O)C(C)C)cc1. The molecule has 3 nitrogen and oxygen atoms in total. The molecule has 0 spiro atoms. The van der Waals surface area contributed by atoms with E-state index in [4.69, 9.17) is 0 Å². The lowest BCUT2D eigenvalue weighted by molar-refractivity contribution is 0.577. The number of anilines is 1. The summed E-state index contributed by atoms with van der Waals surface area (Å²) in [5, 5.41) is -0.239. The predicted molar refractivity (Wildman–Crippen MR) is 106 cm³/mol. The van der Waals surface area contributed by atoms with Crippen molar-refractivity contribution >= 4 is 15.5 Å². The molecule has 0 unspecified atom stereocenters. The first-order chi connectivity index (χ1) is 11.4. The van der Waals surface area contributed by atoms with Crippen molar-refractivity contribution in [3.05, 3.63) is 29.8 Å². The molecule has 0 bridgehead atoms. The highest BCUT2D eigenvalue weighted by atomic mass is 32.2. The van der Waals surface area contributed by atoms with Crippen LogP contribution in [0.5, 0.6) is 0 Å². The van der Waals surface area contributed by atoms with Crippen LogP contribution in [0.25, 0.3) is 0 Å². The van der Waals surface area contributed by atoms with Crippen LogP contribution in [-0.2, 0) is 16.3 Å². The van der Waals surface area contributed by atoms with Gasteiger partial charge in [0.05, 0.1) is 11.0 Å². The van der Waals surface area contributed by atoms with E-state index in [9.17, 15) is 8.42 Å². The molecule has 0 aliphatic carbocycles. The van der Waals surface area contributed by atoms with Crippen molar-refractivity contribution in [2.24, 2.45) is 0 Å². The van der Waals surface area contributed by atoms with Gasteiger partial charge < -0.3 is 4.90 Å². The Bertz CT molecular complexity index is 546. The van der Waals surface area contributed by atoms with Crippen molar-refractivity contribution in [3.63, 3.8) is 0 Å². The van der Waals surface area contributed by atoms with E-state index >= 15 is 0 Å². The summed E-state index contributed by atoms with van der Waals surface area (Å²) in [4.78, 5) is 2.36. The molecule has 0 radical (unpaired) electrons. The second kappa shape index (κ2) is 10.8. The van der Waals surface area contributed by atoms with Gasteiger partial charge >= 0.3 is 0 Å². The molecular weight excluding hydrogens is 318 g/mol. The topological polar surface area (TPSA) is 37.4 Å². The van der Waals surface area contributed by atoms with Crippen molar-refractivity contribution in [2.75, 3.05) is 23.7 Å². The van der Waals surface area contributed by atoms with Crippen LogP contribution < -0.4 is 4.90 Å². The van der Waals surface area contributed by atoms with Crippen molar-refractivity contribution in [1.29, 1.82) is 0 Å². The van der Waals surface area contributed by atoms with Crippen LogP contribution in [0.3, 0.4) is 0 Å². The highest BCUT2D eigenvalue weighted by Crippen LogP contribution is 2.17. The summed E-state index contributed by atoms with van der Waals surface area (Å²) < 4.78 is 23.4. The third-order valence-electron chi connectivity index (χ3n) is 4.68.